The summed E-state index contributed by atoms with van der Waals surface area (Å²) in [7, 11) is 1.72. The quantitative estimate of drug-likeness (QED) is 0.804. The third-order valence-corrected chi connectivity index (χ3v) is 3.87. The summed E-state index contributed by atoms with van der Waals surface area (Å²) < 4.78 is 12.4. The van der Waals surface area contributed by atoms with E-state index in [4.69, 9.17) is 9.15 Å². The molecule has 0 aliphatic carbocycles. The van der Waals surface area contributed by atoms with Crippen LogP contribution in [0.1, 0.15) is 11.5 Å². The number of furan rings is 1. The number of aryl methyl sites for hydroxylation is 1. The lowest BCUT2D eigenvalue weighted by molar-refractivity contribution is -0.134. The molecule has 1 aliphatic rings. The Morgan fingerprint density at radius 1 is 1.39 bits per heavy atom. The van der Waals surface area contributed by atoms with Crippen molar-refractivity contribution in [2.75, 3.05) is 13.1 Å². The molecule has 0 saturated carbocycles. The molecular weight excluding hydrogens is 296 g/mol. The first-order valence-corrected chi connectivity index (χ1v) is 7.38. The van der Waals surface area contributed by atoms with Crippen molar-refractivity contribution in [2.24, 2.45) is 7.05 Å². The lowest BCUT2D eigenvalue weighted by Crippen LogP contribution is -2.55. The van der Waals surface area contributed by atoms with Crippen LogP contribution in [0, 0.1) is 6.92 Å². The molecule has 23 heavy (non-hydrogen) atoms. The molecule has 1 amide bonds. The van der Waals surface area contributed by atoms with Crippen molar-refractivity contribution in [3.63, 3.8) is 0 Å². The van der Waals surface area contributed by atoms with E-state index in [1.165, 1.54) is 12.1 Å². The number of hydrogen-bond donors (Lipinski definition) is 0. The molecule has 2 aromatic rings. The van der Waals surface area contributed by atoms with Gasteiger partial charge in [-0.1, -0.05) is 0 Å². The Balaban J connectivity index is 1.53. The van der Waals surface area contributed by atoms with Gasteiger partial charge in [0.05, 0.1) is 19.4 Å². The first kappa shape index (κ1) is 15.1. The highest BCUT2D eigenvalue weighted by Crippen LogP contribution is 2.18. The second kappa shape index (κ2) is 6.16. The Labute approximate surface area is 133 Å². The molecule has 0 radical (unpaired) electrons. The molecule has 6 nitrogen and oxygen atoms in total. The zero-order chi connectivity index (χ0) is 16.4. The van der Waals surface area contributed by atoms with E-state index >= 15 is 0 Å². The standard InChI is InChI=1S/C17H18N2O4/c1-12-8-14(9-17(21)18(12)2)23-15-10-19(11-15)16(20)6-5-13-4-3-7-22-13/h3-9,15H,10-11H2,1-2H3/b6-5+. The van der Waals surface area contributed by atoms with Gasteiger partial charge in [0.1, 0.15) is 17.6 Å². The predicted octanol–water partition coefficient (Wildman–Crippen LogP) is 1.59. The van der Waals surface area contributed by atoms with Crippen molar-refractivity contribution in [1.29, 1.82) is 0 Å². The van der Waals surface area contributed by atoms with Crippen LogP contribution in [-0.2, 0) is 11.8 Å². The smallest absolute Gasteiger partial charge is 0.254 e. The maximum atomic E-state index is 12.0. The van der Waals surface area contributed by atoms with Gasteiger partial charge in [-0.15, -0.1) is 0 Å². The van der Waals surface area contributed by atoms with E-state index in [0.717, 1.165) is 5.69 Å². The Morgan fingerprint density at radius 3 is 2.83 bits per heavy atom. The minimum Gasteiger partial charge on any atom is -0.486 e. The first-order chi connectivity index (χ1) is 11.0. The number of rotatable bonds is 4. The number of aromatic nitrogens is 1. The van der Waals surface area contributed by atoms with Crippen LogP contribution in [0.3, 0.4) is 0 Å². The lowest BCUT2D eigenvalue weighted by Gasteiger charge is -2.38. The third-order valence-electron chi connectivity index (χ3n) is 3.87. The molecule has 1 fully saturated rings. The van der Waals surface area contributed by atoms with E-state index in [2.05, 4.69) is 0 Å². The van der Waals surface area contributed by atoms with Crippen molar-refractivity contribution in [1.82, 2.24) is 9.47 Å². The molecule has 120 valence electrons. The Bertz CT molecular complexity index is 783. The van der Waals surface area contributed by atoms with E-state index < -0.39 is 0 Å². The number of carbonyl (C=O) groups is 1. The van der Waals surface area contributed by atoms with Gasteiger partial charge in [0.15, 0.2) is 0 Å². The van der Waals surface area contributed by atoms with E-state index in [-0.39, 0.29) is 17.6 Å². The second-order valence-electron chi connectivity index (χ2n) is 5.56. The molecule has 1 aliphatic heterocycles. The maximum Gasteiger partial charge on any atom is 0.254 e. The number of ether oxygens (including phenoxy) is 1. The zero-order valence-electron chi connectivity index (χ0n) is 13.1. The number of hydrogen-bond acceptors (Lipinski definition) is 4. The second-order valence-corrected chi connectivity index (χ2v) is 5.56. The largest absolute Gasteiger partial charge is 0.486 e. The van der Waals surface area contributed by atoms with Crippen LogP contribution in [0.2, 0.25) is 0 Å². The highest BCUT2D eigenvalue weighted by molar-refractivity contribution is 5.92. The Morgan fingerprint density at radius 2 is 2.17 bits per heavy atom. The SMILES string of the molecule is Cc1cc(OC2CN(C(=O)/C=C/c3ccco3)C2)cc(=O)n1C. The topological polar surface area (TPSA) is 64.7 Å². The minimum absolute atomic E-state index is 0.0810. The Kier molecular flexibility index (Phi) is 4.06. The van der Waals surface area contributed by atoms with Gasteiger partial charge in [0.2, 0.25) is 5.91 Å². The molecule has 0 spiro atoms. The van der Waals surface area contributed by atoms with Gasteiger partial charge < -0.3 is 18.6 Å². The number of amides is 1. The zero-order valence-corrected chi connectivity index (χ0v) is 13.1. The number of nitrogens with zero attached hydrogens (tertiary/aromatic N) is 2. The first-order valence-electron chi connectivity index (χ1n) is 7.38. The fourth-order valence-corrected chi connectivity index (χ4v) is 2.33. The summed E-state index contributed by atoms with van der Waals surface area (Å²) >= 11 is 0. The van der Waals surface area contributed by atoms with Gasteiger partial charge in [0, 0.05) is 24.9 Å². The fourth-order valence-electron chi connectivity index (χ4n) is 2.33. The average Bonchev–Trinajstić information content (AvgIpc) is 2.98. The van der Waals surface area contributed by atoms with Crippen molar-refractivity contribution < 1.29 is 13.9 Å². The molecule has 0 aromatic carbocycles. The number of pyridine rings is 1. The molecule has 2 aromatic heterocycles. The molecule has 0 atom stereocenters. The van der Waals surface area contributed by atoms with Crippen molar-refractivity contribution in [2.45, 2.75) is 13.0 Å². The van der Waals surface area contributed by atoms with Gasteiger partial charge >= 0.3 is 0 Å². The summed E-state index contributed by atoms with van der Waals surface area (Å²) in [6.07, 6.45) is 4.60. The van der Waals surface area contributed by atoms with E-state index in [1.807, 2.05) is 13.0 Å². The van der Waals surface area contributed by atoms with Crippen molar-refractivity contribution >= 4 is 12.0 Å². The van der Waals surface area contributed by atoms with Crippen LogP contribution in [0.5, 0.6) is 5.75 Å². The lowest BCUT2D eigenvalue weighted by atomic mass is 10.1. The predicted molar refractivity (Wildman–Crippen MR) is 85.2 cm³/mol. The van der Waals surface area contributed by atoms with Gasteiger partial charge in [-0.25, -0.2) is 0 Å². The summed E-state index contributed by atoms with van der Waals surface area (Å²) in [4.78, 5) is 25.4. The molecule has 1 saturated heterocycles. The van der Waals surface area contributed by atoms with Crippen LogP contribution >= 0.6 is 0 Å². The molecular formula is C17H18N2O4. The van der Waals surface area contributed by atoms with Gasteiger partial charge in [-0.05, 0) is 31.2 Å². The average molecular weight is 314 g/mol. The highest BCUT2D eigenvalue weighted by atomic mass is 16.5. The summed E-state index contributed by atoms with van der Waals surface area (Å²) in [5, 5.41) is 0. The van der Waals surface area contributed by atoms with Gasteiger partial charge in [0.25, 0.3) is 5.56 Å². The monoisotopic (exact) mass is 314 g/mol. The molecule has 6 heteroatoms. The summed E-state index contributed by atoms with van der Waals surface area (Å²) in [6, 6.07) is 6.84. The van der Waals surface area contributed by atoms with Crippen molar-refractivity contribution in [3.8, 4) is 5.75 Å². The molecule has 3 heterocycles. The van der Waals surface area contributed by atoms with E-state index in [0.29, 0.717) is 24.6 Å². The van der Waals surface area contributed by atoms with Crippen LogP contribution in [0.15, 0.2) is 45.8 Å². The third kappa shape index (κ3) is 3.36. The fraction of sp³-hybridized carbons (Fsp3) is 0.294. The van der Waals surface area contributed by atoms with Crippen LogP contribution in [0.4, 0.5) is 0 Å². The minimum atomic E-state index is -0.103. The number of likely N-dealkylation sites (tertiary alicyclic amines) is 1. The van der Waals surface area contributed by atoms with Crippen molar-refractivity contribution in [3.05, 3.63) is 58.4 Å². The van der Waals surface area contributed by atoms with Gasteiger partial charge in [-0.3, -0.25) is 9.59 Å². The number of carbonyl (C=O) groups excluding carboxylic acids is 1. The van der Waals surface area contributed by atoms with Gasteiger partial charge in [-0.2, -0.15) is 0 Å². The Hall–Kier alpha value is -2.76. The maximum absolute atomic E-state index is 12.0. The highest BCUT2D eigenvalue weighted by Gasteiger charge is 2.31. The molecule has 0 unspecified atom stereocenters. The molecule has 0 bridgehead atoms. The summed E-state index contributed by atoms with van der Waals surface area (Å²) in [5.41, 5.74) is 0.731. The normalized spacial score (nSPS) is 15.0. The summed E-state index contributed by atoms with van der Waals surface area (Å²) in [5.74, 6) is 1.11. The van der Waals surface area contributed by atoms with E-state index in [9.17, 15) is 9.59 Å². The van der Waals surface area contributed by atoms with Crippen LogP contribution in [0.25, 0.3) is 6.08 Å². The summed E-state index contributed by atoms with van der Waals surface area (Å²) in [6.45, 7) is 2.87. The molecule has 3 rings (SSSR count). The van der Waals surface area contributed by atoms with Crippen LogP contribution < -0.4 is 10.3 Å². The molecule has 0 N–H and O–H groups in total. The van der Waals surface area contributed by atoms with E-state index in [1.54, 1.807) is 41.0 Å². The van der Waals surface area contributed by atoms with Crippen LogP contribution in [-0.4, -0.2) is 34.6 Å².